The Kier molecular flexibility index (Phi) is 4.30. The molecular weight excluding hydrogens is 271 g/mol. The van der Waals surface area contributed by atoms with Crippen LogP contribution in [-0.2, 0) is 9.53 Å². The van der Waals surface area contributed by atoms with E-state index in [1.807, 2.05) is 13.8 Å². The van der Waals surface area contributed by atoms with Crippen LogP contribution in [0.2, 0.25) is 0 Å². The van der Waals surface area contributed by atoms with E-state index < -0.39 is 0 Å². The lowest BCUT2D eigenvalue weighted by Gasteiger charge is -2.48. The Balaban J connectivity index is 2.09. The number of ether oxygens (including phenoxy) is 1. The predicted octanol–water partition coefficient (Wildman–Crippen LogP) is 3.98. The van der Waals surface area contributed by atoms with Crippen LogP contribution in [0.4, 0.5) is 0 Å². The number of rotatable bonds is 4. The zero-order valence-corrected chi connectivity index (χ0v) is 12.8. The lowest BCUT2D eigenvalue weighted by Crippen LogP contribution is -2.53. The highest BCUT2D eigenvalue weighted by Crippen LogP contribution is 2.46. The molecule has 0 amide bonds. The van der Waals surface area contributed by atoms with Gasteiger partial charge in [0.15, 0.2) is 5.78 Å². The quantitative estimate of drug-likeness (QED) is 0.733. The van der Waals surface area contributed by atoms with Gasteiger partial charge in [-0.15, -0.1) is 23.2 Å². The SMILES string of the molecule is CCC(C)(C)C(=O)C1OC2CCC1CC2C(Cl)Cl. The lowest BCUT2D eigenvalue weighted by atomic mass is 9.69. The maximum Gasteiger partial charge on any atom is 0.167 e. The molecule has 2 bridgehead atoms. The molecule has 4 atom stereocenters. The molecule has 0 radical (unpaired) electrons. The molecule has 1 aliphatic carbocycles. The molecule has 1 saturated carbocycles. The van der Waals surface area contributed by atoms with Gasteiger partial charge in [-0.2, -0.15) is 0 Å². The van der Waals surface area contributed by atoms with E-state index in [9.17, 15) is 4.79 Å². The van der Waals surface area contributed by atoms with Gasteiger partial charge in [0.2, 0.25) is 0 Å². The molecule has 4 heteroatoms. The molecule has 2 saturated heterocycles. The van der Waals surface area contributed by atoms with Gasteiger partial charge in [0.25, 0.3) is 0 Å². The number of alkyl halides is 2. The van der Waals surface area contributed by atoms with Crippen LogP contribution in [0.15, 0.2) is 0 Å². The first-order valence-electron chi connectivity index (χ1n) is 6.84. The number of fused-ring (bicyclic) bond motifs is 3. The number of Topliss-reactive ketones (excluding diaryl/α,β-unsaturated/α-hetero) is 1. The first-order chi connectivity index (χ1) is 8.36. The van der Waals surface area contributed by atoms with Gasteiger partial charge in [0, 0.05) is 11.3 Å². The van der Waals surface area contributed by atoms with Gasteiger partial charge >= 0.3 is 0 Å². The van der Waals surface area contributed by atoms with Crippen molar-refractivity contribution >= 4 is 29.0 Å². The van der Waals surface area contributed by atoms with E-state index in [4.69, 9.17) is 27.9 Å². The van der Waals surface area contributed by atoms with Crippen molar-refractivity contribution < 1.29 is 9.53 Å². The molecular formula is C14H22Cl2O2. The fourth-order valence-corrected chi connectivity index (χ4v) is 3.59. The van der Waals surface area contributed by atoms with Crippen LogP contribution in [0.25, 0.3) is 0 Å². The third kappa shape index (κ3) is 2.57. The van der Waals surface area contributed by atoms with Crippen molar-refractivity contribution in [1.29, 1.82) is 0 Å². The molecule has 0 aromatic rings. The van der Waals surface area contributed by atoms with Crippen LogP contribution in [0.3, 0.4) is 0 Å². The molecule has 3 aliphatic rings. The Hall–Kier alpha value is 0.210. The molecule has 4 unspecified atom stereocenters. The van der Waals surface area contributed by atoms with Crippen LogP contribution < -0.4 is 0 Å². The van der Waals surface area contributed by atoms with Crippen molar-refractivity contribution in [3.63, 3.8) is 0 Å². The summed E-state index contributed by atoms with van der Waals surface area (Å²) in [5, 5.41) is 0. The second-order valence-corrected chi connectivity index (χ2v) is 7.43. The summed E-state index contributed by atoms with van der Waals surface area (Å²) in [7, 11) is 0. The van der Waals surface area contributed by atoms with E-state index in [-0.39, 0.29) is 34.2 Å². The minimum absolute atomic E-state index is 0.0663. The Morgan fingerprint density at radius 1 is 1.39 bits per heavy atom. The van der Waals surface area contributed by atoms with Crippen LogP contribution >= 0.6 is 23.2 Å². The zero-order chi connectivity index (χ0) is 13.5. The molecule has 0 aromatic carbocycles. The maximum atomic E-state index is 12.5. The number of hydrogen-bond donors (Lipinski definition) is 0. The van der Waals surface area contributed by atoms with Crippen molar-refractivity contribution in [3.8, 4) is 0 Å². The molecule has 18 heavy (non-hydrogen) atoms. The van der Waals surface area contributed by atoms with Gasteiger partial charge in [0.05, 0.1) is 6.10 Å². The van der Waals surface area contributed by atoms with Crippen molar-refractivity contribution in [2.75, 3.05) is 0 Å². The Morgan fingerprint density at radius 3 is 2.50 bits per heavy atom. The third-order valence-corrected chi connectivity index (χ3v) is 5.40. The van der Waals surface area contributed by atoms with E-state index in [2.05, 4.69) is 6.92 Å². The largest absolute Gasteiger partial charge is 0.367 e. The van der Waals surface area contributed by atoms with Crippen LogP contribution in [-0.4, -0.2) is 22.8 Å². The van der Waals surface area contributed by atoms with Gasteiger partial charge in [-0.05, 0) is 31.6 Å². The number of hydrogen-bond acceptors (Lipinski definition) is 2. The second kappa shape index (κ2) is 5.30. The minimum atomic E-state index is -0.381. The van der Waals surface area contributed by atoms with Gasteiger partial charge < -0.3 is 4.74 Å². The van der Waals surface area contributed by atoms with Gasteiger partial charge in [-0.1, -0.05) is 20.8 Å². The first-order valence-corrected chi connectivity index (χ1v) is 7.72. The highest BCUT2D eigenvalue weighted by atomic mass is 35.5. The van der Waals surface area contributed by atoms with Crippen molar-refractivity contribution in [1.82, 2.24) is 0 Å². The van der Waals surface area contributed by atoms with Crippen LogP contribution in [0.5, 0.6) is 0 Å². The number of ketones is 1. The Bertz CT molecular complexity index is 328. The monoisotopic (exact) mass is 292 g/mol. The summed E-state index contributed by atoms with van der Waals surface area (Å²) in [4.78, 5) is 12.1. The van der Waals surface area contributed by atoms with Crippen molar-refractivity contribution in [3.05, 3.63) is 0 Å². The highest BCUT2D eigenvalue weighted by Gasteiger charge is 2.49. The predicted molar refractivity (Wildman–Crippen MR) is 74.1 cm³/mol. The van der Waals surface area contributed by atoms with Crippen molar-refractivity contribution in [2.45, 2.75) is 63.5 Å². The second-order valence-electron chi connectivity index (χ2n) is 6.27. The lowest BCUT2D eigenvalue weighted by molar-refractivity contribution is -0.177. The number of halogens is 2. The summed E-state index contributed by atoms with van der Waals surface area (Å²) in [6, 6.07) is 0. The molecule has 104 valence electrons. The van der Waals surface area contributed by atoms with E-state index in [0.29, 0.717) is 5.92 Å². The molecule has 3 fully saturated rings. The van der Waals surface area contributed by atoms with Crippen LogP contribution in [0.1, 0.15) is 46.5 Å². The normalized spacial score (nSPS) is 36.1. The summed E-state index contributed by atoms with van der Waals surface area (Å²) in [6.07, 6.45) is 3.66. The zero-order valence-electron chi connectivity index (χ0n) is 11.3. The summed E-state index contributed by atoms with van der Waals surface area (Å²) in [6.45, 7) is 6.06. The number of carbonyl (C=O) groups excluding carboxylic acids is 1. The Morgan fingerprint density at radius 2 is 2.06 bits per heavy atom. The third-order valence-electron chi connectivity index (χ3n) is 4.76. The molecule has 2 heterocycles. The summed E-state index contributed by atoms with van der Waals surface area (Å²) < 4.78 is 5.99. The average molecular weight is 293 g/mol. The molecule has 0 spiro atoms. The molecule has 0 aromatic heterocycles. The average Bonchev–Trinajstić information content (AvgIpc) is 2.38. The maximum absolute atomic E-state index is 12.5. The topological polar surface area (TPSA) is 26.3 Å². The smallest absolute Gasteiger partial charge is 0.167 e. The van der Waals surface area contributed by atoms with Gasteiger partial charge in [-0.3, -0.25) is 4.79 Å². The molecule has 3 rings (SSSR count). The van der Waals surface area contributed by atoms with Crippen LogP contribution in [0, 0.1) is 17.3 Å². The van der Waals surface area contributed by atoms with Gasteiger partial charge in [-0.25, -0.2) is 0 Å². The fourth-order valence-electron chi connectivity index (χ4n) is 3.06. The van der Waals surface area contributed by atoms with Crippen molar-refractivity contribution in [2.24, 2.45) is 17.3 Å². The minimum Gasteiger partial charge on any atom is -0.367 e. The molecule has 0 N–H and O–H groups in total. The summed E-state index contributed by atoms with van der Waals surface area (Å²) in [5.41, 5.74) is -0.293. The van der Waals surface area contributed by atoms with Gasteiger partial charge in [0.1, 0.15) is 10.9 Å². The highest BCUT2D eigenvalue weighted by molar-refractivity contribution is 6.44. The molecule has 2 nitrogen and oxygen atoms in total. The van der Waals surface area contributed by atoms with E-state index in [1.165, 1.54) is 0 Å². The molecule has 2 aliphatic heterocycles. The number of carbonyl (C=O) groups is 1. The standard InChI is InChI=1S/C14H22Cl2O2/c1-4-14(2,3)12(17)11-8-5-6-10(18-11)9(7-8)13(15)16/h8-11,13H,4-7H2,1-3H3. The Labute approximate surface area is 119 Å². The summed E-state index contributed by atoms with van der Waals surface area (Å²) >= 11 is 12.0. The van der Waals surface area contributed by atoms with E-state index in [1.54, 1.807) is 0 Å². The summed E-state index contributed by atoms with van der Waals surface area (Å²) in [5.74, 6) is 0.748. The van der Waals surface area contributed by atoms with E-state index in [0.717, 1.165) is 25.7 Å². The fraction of sp³-hybridized carbons (Fsp3) is 0.929. The first kappa shape index (κ1) is 14.6. The van der Waals surface area contributed by atoms with E-state index >= 15 is 0 Å².